The summed E-state index contributed by atoms with van der Waals surface area (Å²) in [6.07, 6.45) is 0. The Morgan fingerprint density at radius 3 is 2.83 bits per heavy atom. The van der Waals surface area contributed by atoms with Crippen LogP contribution in [0.2, 0.25) is 5.02 Å². The van der Waals surface area contributed by atoms with Crippen molar-refractivity contribution in [3.05, 3.63) is 28.8 Å². The normalized spacial score (nSPS) is 9.50. The monoisotopic (exact) mass is 184 g/mol. The number of rotatable bonds is 1. The molecular weight excluding hydrogens is 176 g/mol. The van der Waals surface area contributed by atoms with Gasteiger partial charge in [-0.25, -0.2) is 0 Å². The number of carbonyl (C=O) groups excluding carboxylic acids is 1. The van der Waals surface area contributed by atoms with Gasteiger partial charge >= 0.3 is 0 Å². The maximum atomic E-state index is 11.1. The Morgan fingerprint density at radius 2 is 2.25 bits per heavy atom. The summed E-state index contributed by atoms with van der Waals surface area (Å²) in [7, 11) is 1.54. The van der Waals surface area contributed by atoms with Crippen LogP contribution in [0.5, 0.6) is 0 Å². The zero-order chi connectivity index (χ0) is 9.14. The zero-order valence-electron chi connectivity index (χ0n) is 6.60. The molecule has 0 aliphatic heterocycles. The number of halogens is 1. The molecular formula is C8H9ClN2O. The third kappa shape index (κ3) is 1.51. The fourth-order valence-electron chi connectivity index (χ4n) is 0.870. The fourth-order valence-corrected chi connectivity index (χ4v) is 1.04. The summed E-state index contributed by atoms with van der Waals surface area (Å²) in [6.45, 7) is 0. The highest BCUT2D eigenvalue weighted by atomic mass is 35.5. The minimum absolute atomic E-state index is 0.227. The van der Waals surface area contributed by atoms with Crippen LogP contribution in [0.4, 0.5) is 5.69 Å². The second-order valence-electron chi connectivity index (χ2n) is 2.28. The molecule has 64 valence electrons. The first-order valence-corrected chi connectivity index (χ1v) is 3.80. The molecule has 3 nitrogen and oxygen atoms in total. The predicted octanol–water partition coefficient (Wildman–Crippen LogP) is 1.28. The van der Waals surface area contributed by atoms with Gasteiger partial charge in [-0.2, -0.15) is 0 Å². The molecule has 12 heavy (non-hydrogen) atoms. The molecule has 0 aliphatic rings. The van der Waals surface area contributed by atoms with Gasteiger partial charge in [0.25, 0.3) is 5.91 Å². The molecule has 4 heteroatoms. The molecule has 1 aromatic carbocycles. The minimum atomic E-state index is -0.227. The van der Waals surface area contributed by atoms with E-state index in [0.717, 1.165) is 0 Å². The van der Waals surface area contributed by atoms with Crippen molar-refractivity contribution in [2.75, 3.05) is 12.8 Å². The maximum absolute atomic E-state index is 11.1. The van der Waals surface area contributed by atoms with Crippen molar-refractivity contribution in [1.82, 2.24) is 5.32 Å². The predicted molar refractivity (Wildman–Crippen MR) is 49.3 cm³/mol. The van der Waals surface area contributed by atoms with Gasteiger partial charge in [0.15, 0.2) is 0 Å². The molecule has 1 aromatic rings. The van der Waals surface area contributed by atoms with Gasteiger partial charge in [0.05, 0.1) is 16.3 Å². The number of hydrogen-bond acceptors (Lipinski definition) is 2. The van der Waals surface area contributed by atoms with Crippen LogP contribution in [0.3, 0.4) is 0 Å². The minimum Gasteiger partial charge on any atom is -0.397 e. The number of anilines is 1. The highest BCUT2D eigenvalue weighted by Gasteiger charge is 2.08. The van der Waals surface area contributed by atoms with Gasteiger partial charge in [0.2, 0.25) is 0 Å². The Labute approximate surface area is 75.5 Å². The standard InChI is InChI=1S/C8H9ClN2O/c1-11-8(12)5-3-2-4-6(9)7(5)10/h2-4H,10H2,1H3,(H,11,12). The number of nitrogens with one attached hydrogen (secondary N) is 1. The van der Waals surface area contributed by atoms with Crippen molar-refractivity contribution in [3.8, 4) is 0 Å². The second-order valence-corrected chi connectivity index (χ2v) is 2.69. The molecule has 0 fully saturated rings. The van der Waals surface area contributed by atoms with E-state index < -0.39 is 0 Å². The lowest BCUT2D eigenvalue weighted by Gasteiger charge is -2.04. The number of para-hydroxylation sites is 1. The van der Waals surface area contributed by atoms with E-state index in [1.54, 1.807) is 25.2 Å². The van der Waals surface area contributed by atoms with Crippen LogP contribution in [0, 0.1) is 0 Å². The fraction of sp³-hybridized carbons (Fsp3) is 0.125. The first-order valence-electron chi connectivity index (χ1n) is 3.43. The number of nitrogens with two attached hydrogens (primary N) is 1. The van der Waals surface area contributed by atoms with Crippen LogP contribution in [-0.4, -0.2) is 13.0 Å². The third-order valence-electron chi connectivity index (χ3n) is 1.52. The lowest BCUT2D eigenvalue weighted by molar-refractivity contribution is 0.0964. The quantitative estimate of drug-likeness (QED) is 0.646. The van der Waals surface area contributed by atoms with Gasteiger partial charge in [-0.15, -0.1) is 0 Å². The molecule has 1 rings (SSSR count). The third-order valence-corrected chi connectivity index (χ3v) is 1.85. The van der Waals surface area contributed by atoms with E-state index in [2.05, 4.69) is 5.32 Å². The number of carbonyl (C=O) groups is 1. The zero-order valence-corrected chi connectivity index (χ0v) is 7.35. The molecule has 0 spiro atoms. The van der Waals surface area contributed by atoms with Crippen LogP contribution in [0.15, 0.2) is 18.2 Å². The summed E-state index contributed by atoms with van der Waals surface area (Å²) in [5.74, 6) is -0.227. The van der Waals surface area contributed by atoms with Crippen molar-refractivity contribution < 1.29 is 4.79 Å². The van der Waals surface area contributed by atoms with Gasteiger partial charge in [-0.3, -0.25) is 4.79 Å². The van der Waals surface area contributed by atoms with Gasteiger partial charge in [0, 0.05) is 7.05 Å². The first kappa shape index (κ1) is 8.87. The van der Waals surface area contributed by atoms with E-state index in [1.807, 2.05) is 0 Å². The molecule has 0 radical (unpaired) electrons. The largest absolute Gasteiger partial charge is 0.397 e. The van der Waals surface area contributed by atoms with Gasteiger partial charge in [-0.05, 0) is 12.1 Å². The van der Waals surface area contributed by atoms with Gasteiger partial charge in [-0.1, -0.05) is 17.7 Å². The number of benzene rings is 1. The SMILES string of the molecule is CNC(=O)c1cccc(Cl)c1N. The van der Waals surface area contributed by atoms with Crippen LogP contribution in [0.1, 0.15) is 10.4 Å². The Hall–Kier alpha value is -1.22. The summed E-state index contributed by atoms with van der Waals surface area (Å²) in [6, 6.07) is 4.95. The van der Waals surface area contributed by atoms with E-state index in [1.165, 1.54) is 0 Å². The molecule has 0 saturated heterocycles. The average Bonchev–Trinajstić information content (AvgIpc) is 2.08. The second kappa shape index (κ2) is 3.45. The van der Waals surface area contributed by atoms with Crippen molar-refractivity contribution in [2.24, 2.45) is 0 Å². The Balaban J connectivity index is 3.16. The maximum Gasteiger partial charge on any atom is 0.253 e. The molecule has 1 amide bonds. The molecule has 0 heterocycles. The Bertz CT molecular complexity index is 312. The van der Waals surface area contributed by atoms with E-state index >= 15 is 0 Å². The van der Waals surface area contributed by atoms with Crippen LogP contribution < -0.4 is 11.1 Å². The van der Waals surface area contributed by atoms with E-state index in [0.29, 0.717) is 16.3 Å². The van der Waals surface area contributed by atoms with Crippen LogP contribution in [-0.2, 0) is 0 Å². The average molecular weight is 185 g/mol. The Morgan fingerprint density at radius 1 is 1.58 bits per heavy atom. The van der Waals surface area contributed by atoms with Crippen molar-refractivity contribution in [1.29, 1.82) is 0 Å². The van der Waals surface area contributed by atoms with Crippen LogP contribution in [0.25, 0.3) is 0 Å². The smallest absolute Gasteiger partial charge is 0.253 e. The molecule has 0 aromatic heterocycles. The molecule has 0 bridgehead atoms. The van der Waals surface area contributed by atoms with E-state index in [9.17, 15) is 4.79 Å². The summed E-state index contributed by atoms with van der Waals surface area (Å²) in [5.41, 5.74) is 6.29. The Kier molecular flexibility index (Phi) is 2.55. The topological polar surface area (TPSA) is 55.1 Å². The van der Waals surface area contributed by atoms with Crippen LogP contribution >= 0.6 is 11.6 Å². The van der Waals surface area contributed by atoms with Gasteiger partial charge < -0.3 is 11.1 Å². The highest BCUT2D eigenvalue weighted by molar-refractivity contribution is 6.33. The lowest BCUT2D eigenvalue weighted by Crippen LogP contribution is -2.19. The summed E-state index contributed by atoms with van der Waals surface area (Å²) in [5, 5.41) is 2.87. The molecule has 0 atom stereocenters. The summed E-state index contributed by atoms with van der Waals surface area (Å²) < 4.78 is 0. The molecule has 3 N–H and O–H groups in total. The number of amides is 1. The molecule has 0 unspecified atom stereocenters. The van der Waals surface area contributed by atoms with Gasteiger partial charge in [0.1, 0.15) is 0 Å². The number of hydrogen-bond donors (Lipinski definition) is 2. The number of nitrogen functional groups attached to an aromatic ring is 1. The highest BCUT2D eigenvalue weighted by Crippen LogP contribution is 2.21. The van der Waals surface area contributed by atoms with Crippen molar-refractivity contribution in [3.63, 3.8) is 0 Å². The van der Waals surface area contributed by atoms with Crippen molar-refractivity contribution >= 4 is 23.2 Å². The van der Waals surface area contributed by atoms with Crippen molar-refractivity contribution in [2.45, 2.75) is 0 Å². The molecule has 0 aliphatic carbocycles. The lowest BCUT2D eigenvalue weighted by atomic mass is 10.2. The summed E-state index contributed by atoms with van der Waals surface area (Å²) >= 11 is 5.71. The summed E-state index contributed by atoms with van der Waals surface area (Å²) in [4.78, 5) is 11.1. The molecule has 0 saturated carbocycles. The first-order chi connectivity index (χ1) is 5.66. The van der Waals surface area contributed by atoms with E-state index in [-0.39, 0.29) is 5.91 Å². The van der Waals surface area contributed by atoms with E-state index in [4.69, 9.17) is 17.3 Å².